The van der Waals surface area contributed by atoms with Gasteiger partial charge >= 0.3 is 0 Å². The van der Waals surface area contributed by atoms with Crippen molar-refractivity contribution in [2.24, 2.45) is 0 Å². The number of halogens is 1. The summed E-state index contributed by atoms with van der Waals surface area (Å²) in [6, 6.07) is 11.7. The number of rotatable bonds is 6. The Kier molecular flexibility index (Phi) is 6.79. The molecule has 1 aliphatic rings. The highest BCUT2D eigenvalue weighted by molar-refractivity contribution is 7.89. The molecule has 1 aliphatic heterocycles. The first-order valence-corrected chi connectivity index (χ1v) is 11.0. The van der Waals surface area contributed by atoms with Crippen LogP contribution in [0.4, 0.5) is 0 Å². The van der Waals surface area contributed by atoms with Crippen LogP contribution in [0.25, 0.3) is 0 Å². The van der Waals surface area contributed by atoms with Gasteiger partial charge in [-0.3, -0.25) is 4.79 Å². The molecule has 2 aromatic carbocycles. The normalized spacial score (nSPS) is 15.8. The fourth-order valence-electron chi connectivity index (χ4n) is 3.14. The zero-order valence-electron chi connectivity index (χ0n) is 16.4. The van der Waals surface area contributed by atoms with Gasteiger partial charge in [0.1, 0.15) is 10.6 Å². The van der Waals surface area contributed by atoms with E-state index < -0.39 is 10.0 Å². The minimum Gasteiger partial charge on any atom is -0.496 e. The number of carbonyl (C=O) groups is 1. The highest BCUT2D eigenvalue weighted by Crippen LogP contribution is 2.27. The quantitative estimate of drug-likeness (QED) is 0.749. The van der Waals surface area contributed by atoms with Crippen molar-refractivity contribution in [3.63, 3.8) is 0 Å². The number of nitrogens with one attached hydrogen (secondary N) is 1. The molecule has 1 saturated heterocycles. The standard InChI is InChI=1S/C20H24ClN3O4S/c1-23-9-11-24(12-10-23)29(26,27)19-13-15(7-8-17(19)21)20(25)22-14-16-5-3-4-6-18(16)28-2/h3-8,13H,9-12,14H2,1-2H3,(H,22,25). The highest BCUT2D eigenvalue weighted by atomic mass is 35.5. The molecule has 0 saturated carbocycles. The van der Waals surface area contributed by atoms with E-state index in [-0.39, 0.29) is 27.9 Å². The van der Waals surface area contributed by atoms with Gasteiger partial charge in [-0.2, -0.15) is 4.31 Å². The summed E-state index contributed by atoms with van der Waals surface area (Å²) in [5.41, 5.74) is 1.06. The molecule has 2 aromatic rings. The first-order chi connectivity index (χ1) is 13.8. The van der Waals surface area contributed by atoms with Crippen molar-refractivity contribution in [3.8, 4) is 5.75 Å². The third kappa shape index (κ3) is 4.90. The van der Waals surface area contributed by atoms with Crippen LogP contribution >= 0.6 is 11.6 Å². The number of amides is 1. The molecule has 0 spiro atoms. The summed E-state index contributed by atoms with van der Waals surface area (Å²) in [6.07, 6.45) is 0. The van der Waals surface area contributed by atoms with Crippen molar-refractivity contribution >= 4 is 27.5 Å². The van der Waals surface area contributed by atoms with Gasteiger partial charge in [-0.25, -0.2) is 8.42 Å². The van der Waals surface area contributed by atoms with Gasteiger partial charge < -0.3 is 15.0 Å². The molecule has 0 unspecified atom stereocenters. The second-order valence-electron chi connectivity index (χ2n) is 6.85. The third-order valence-electron chi connectivity index (χ3n) is 4.91. The van der Waals surface area contributed by atoms with Crippen LogP contribution in [0.3, 0.4) is 0 Å². The molecule has 1 amide bonds. The van der Waals surface area contributed by atoms with Crippen LogP contribution in [0.2, 0.25) is 5.02 Å². The maximum atomic E-state index is 13.0. The molecular formula is C20H24ClN3O4S. The maximum absolute atomic E-state index is 13.0. The highest BCUT2D eigenvalue weighted by Gasteiger charge is 2.30. The summed E-state index contributed by atoms with van der Waals surface area (Å²) in [5, 5.41) is 2.90. The molecule has 7 nitrogen and oxygen atoms in total. The molecule has 0 aromatic heterocycles. The van der Waals surface area contributed by atoms with Crippen molar-refractivity contribution in [2.45, 2.75) is 11.4 Å². The van der Waals surface area contributed by atoms with E-state index in [2.05, 4.69) is 10.2 Å². The maximum Gasteiger partial charge on any atom is 0.251 e. The van der Waals surface area contributed by atoms with Crippen LogP contribution in [-0.2, 0) is 16.6 Å². The van der Waals surface area contributed by atoms with Gasteiger partial charge in [0.05, 0.1) is 12.1 Å². The Labute approximate surface area is 176 Å². The first kappa shape index (κ1) is 21.6. The lowest BCUT2D eigenvalue weighted by Crippen LogP contribution is -2.47. The van der Waals surface area contributed by atoms with Gasteiger partial charge in [-0.1, -0.05) is 29.8 Å². The Morgan fingerprint density at radius 2 is 1.83 bits per heavy atom. The fraction of sp³-hybridized carbons (Fsp3) is 0.350. The SMILES string of the molecule is COc1ccccc1CNC(=O)c1ccc(Cl)c(S(=O)(=O)N2CCN(C)CC2)c1. The topological polar surface area (TPSA) is 78.9 Å². The van der Waals surface area contributed by atoms with Gasteiger partial charge in [-0.05, 0) is 31.3 Å². The number of benzene rings is 2. The van der Waals surface area contributed by atoms with Crippen molar-refractivity contribution in [3.05, 3.63) is 58.6 Å². The number of methoxy groups -OCH3 is 1. The average Bonchev–Trinajstić information content (AvgIpc) is 2.72. The van der Waals surface area contributed by atoms with Gasteiger partial charge in [-0.15, -0.1) is 0 Å². The predicted octanol–water partition coefficient (Wildman–Crippen LogP) is 2.21. The fourth-order valence-corrected chi connectivity index (χ4v) is 5.06. The molecule has 1 N–H and O–H groups in total. The minimum absolute atomic E-state index is 0.0475. The average molecular weight is 438 g/mol. The van der Waals surface area contributed by atoms with E-state index >= 15 is 0 Å². The van der Waals surface area contributed by atoms with Crippen LogP contribution in [0.15, 0.2) is 47.4 Å². The Bertz CT molecular complexity index is 989. The van der Waals surface area contributed by atoms with E-state index in [0.29, 0.717) is 31.9 Å². The summed E-state index contributed by atoms with van der Waals surface area (Å²) in [7, 11) is -0.262. The third-order valence-corrected chi connectivity index (χ3v) is 7.29. The molecule has 29 heavy (non-hydrogen) atoms. The molecule has 9 heteroatoms. The number of piperazine rings is 1. The number of hydrogen-bond acceptors (Lipinski definition) is 5. The summed E-state index contributed by atoms with van der Waals surface area (Å²) in [4.78, 5) is 14.6. The van der Waals surface area contributed by atoms with Crippen LogP contribution < -0.4 is 10.1 Å². The lowest BCUT2D eigenvalue weighted by molar-refractivity contribution is 0.0950. The van der Waals surface area contributed by atoms with Crippen molar-refractivity contribution in [2.75, 3.05) is 40.3 Å². The summed E-state index contributed by atoms with van der Waals surface area (Å²) < 4.78 is 32.7. The molecule has 0 aliphatic carbocycles. The number of hydrogen-bond donors (Lipinski definition) is 1. The van der Waals surface area contributed by atoms with Gasteiger partial charge in [0.15, 0.2) is 0 Å². The zero-order valence-corrected chi connectivity index (χ0v) is 18.0. The molecule has 1 fully saturated rings. The molecule has 3 rings (SSSR count). The lowest BCUT2D eigenvalue weighted by atomic mass is 10.1. The number of carbonyl (C=O) groups excluding carboxylic acids is 1. The first-order valence-electron chi connectivity index (χ1n) is 9.21. The second-order valence-corrected chi connectivity index (χ2v) is 9.16. The van der Waals surface area contributed by atoms with E-state index in [1.165, 1.54) is 22.5 Å². The van der Waals surface area contributed by atoms with E-state index in [1.54, 1.807) is 7.11 Å². The monoisotopic (exact) mass is 437 g/mol. The zero-order chi connectivity index (χ0) is 21.0. The second kappa shape index (κ2) is 9.13. The van der Waals surface area contributed by atoms with Crippen LogP contribution in [0.5, 0.6) is 5.75 Å². The largest absolute Gasteiger partial charge is 0.496 e. The van der Waals surface area contributed by atoms with Crippen molar-refractivity contribution in [1.29, 1.82) is 0 Å². The van der Waals surface area contributed by atoms with Crippen molar-refractivity contribution in [1.82, 2.24) is 14.5 Å². The lowest BCUT2D eigenvalue weighted by Gasteiger charge is -2.31. The number of para-hydroxylation sites is 1. The van der Waals surface area contributed by atoms with E-state index in [4.69, 9.17) is 16.3 Å². The molecule has 1 heterocycles. The Morgan fingerprint density at radius 3 is 2.52 bits per heavy atom. The Morgan fingerprint density at radius 1 is 1.14 bits per heavy atom. The summed E-state index contributed by atoms with van der Waals surface area (Å²) in [6.45, 7) is 2.33. The van der Waals surface area contributed by atoms with Crippen LogP contribution in [0, 0.1) is 0 Å². The van der Waals surface area contributed by atoms with Gasteiger partial charge in [0.25, 0.3) is 5.91 Å². The van der Waals surface area contributed by atoms with Gasteiger partial charge in [0, 0.05) is 43.9 Å². The number of likely N-dealkylation sites (N-methyl/N-ethyl adjacent to an activating group) is 1. The minimum atomic E-state index is -3.78. The number of nitrogens with zero attached hydrogens (tertiary/aromatic N) is 2. The molecular weight excluding hydrogens is 414 g/mol. The summed E-state index contributed by atoms with van der Waals surface area (Å²) >= 11 is 6.18. The predicted molar refractivity (Wildman–Crippen MR) is 112 cm³/mol. The molecule has 0 bridgehead atoms. The molecule has 0 atom stereocenters. The van der Waals surface area contributed by atoms with E-state index in [0.717, 1.165) is 5.56 Å². The number of sulfonamides is 1. The van der Waals surface area contributed by atoms with Crippen LogP contribution in [-0.4, -0.2) is 63.9 Å². The van der Waals surface area contributed by atoms with E-state index in [1.807, 2.05) is 31.3 Å². The summed E-state index contributed by atoms with van der Waals surface area (Å²) in [5.74, 6) is 0.282. The molecule has 156 valence electrons. The van der Waals surface area contributed by atoms with Gasteiger partial charge in [0.2, 0.25) is 10.0 Å². The van der Waals surface area contributed by atoms with E-state index in [9.17, 15) is 13.2 Å². The van der Waals surface area contributed by atoms with Crippen LogP contribution in [0.1, 0.15) is 15.9 Å². The Balaban J connectivity index is 1.78. The van der Waals surface area contributed by atoms with Crippen molar-refractivity contribution < 1.29 is 17.9 Å². The number of ether oxygens (including phenoxy) is 1. The smallest absolute Gasteiger partial charge is 0.251 e. The molecule has 0 radical (unpaired) electrons. The Hall–Kier alpha value is -2.13.